The predicted molar refractivity (Wildman–Crippen MR) is 73.4 cm³/mol. The summed E-state index contributed by atoms with van der Waals surface area (Å²) in [7, 11) is 0. The van der Waals surface area contributed by atoms with Crippen LogP contribution in [-0.2, 0) is 0 Å². The molecule has 1 atom stereocenters. The molecular weight excluding hydrogens is 243 g/mol. The highest BCUT2D eigenvalue weighted by molar-refractivity contribution is 5.93. The van der Waals surface area contributed by atoms with E-state index in [1.165, 1.54) is 6.07 Å². The molecule has 3 N–H and O–H groups in total. The van der Waals surface area contributed by atoms with Gasteiger partial charge in [-0.05, 0) is 31.2 Å². The van der Waals surface area contributed by atoms with Crippen molar-refractivity contribution in [3.63, 3.8) is 0 Å². The largest absolute Gasteiger partial charge is 0.378 e. The summed E-state index contributed by atoms with van der Waals surface area (Å²) in [5.41, 5.74) is 6.95. The fraction of sp³-hybridized carbons (Fsp3) is 0.133. The Morgan fingerprint density at radius 2 is 1.95 bits per heavy atom. The third kappa shape index (κ3) is 3.10. The Morgan fingerprint density at radius 1 is 1.21 bits per heavy atom. The van der Waals surface area contributed by atoms with Crippen LogP contribution in [0.25, 0.3) is 0 Å². The normalized spacial score (nSPS) is 11.9. The van der Waals surface area contributed by atoms with Crippen molar-refractivity contribution in [3.8, 4) is 0 Å². The molecule has 0 heterocycles. The Morgan fingerprint density at radius 3 is 2.63 bits per heavy atom. The minimum absolute atomic E-state index is 0.204. The number of amides is 1. The van der Waals surface area contributed by atoms with E-state index in [0.717, 1.165) is 5.69 Å². The van der Waals surface area contributed by atoms with E-state index in [1.54, 1.807) is 36.4 Å². The van der Waals surface area contributed by atoms with Gasteiger partial charge in [0.05, 0.1) is 6.04 Å². The van der Waals surface area contributed by atoms with E-state index in [0.29, 0.717) is 11.1 Å². The van der Waals surface area contributed by atoms with Gasteiger partial charge < -0.3 is 11.1 Å². The van der Waals surface area contributed by atoms with Gasteiger partial charge in [-0.2, -0.15) is 0 Å². The molecule has 1 amide bonds. The zero-order valence-corrected chi connectivity index (χ0v) is 10.6. The number of nitrogens with one attached hydrogen (secondary N) is 1. The van der Waals surface area contributed by atoms with Crippen molar-refractivity contribution in [1.29, 1.82) is 0 Å². The second-order valence-corrected chi connectivity index (χ2v) is 4.33. The Balaban J connectivity index is 2.19. The van der Waals surface area contributed by atoms with Crippen molar-refractivity contribution in [2.45, 2.75) is 13.0 Å². The first-order valence-electron chi connectivity index (χ1n) is 5.99. The van der Waals surface area contributed by atoms with E-state index in [9.17, 15) is 9.18 Å². The Kier molecular flexibility index (Phi) is 3.80. The molecule has 0 unspecified atom stereocenters. The van der Waals surface area contributed by atoms with Crippen LogP contribution in [-0.4, -0.2) is 5.91 Å². The van der Waals surface area contributed by atoms with Gasteiger partial charge in [-0.3, -0.25) is 4.79 Å². The van der Waals surface area contributed by atoms with Crippen molar-refractivity contribution in [3.05, 3.63) is 65.5 Å². The highest BCUT2D eigenvalue weighted by Crippen LogP contribution is 2.22. The molecule has 19 heavy (non-hydrogen) atoms. The van der Waals surface area contributed by atoms with Crippen molar-refractivity contribution in [1.82, 2.24) is 0 Å². The minimum atomic E-state index is -0.484. The fourth-order valence-corrected chi connectivity index (χ4v) is 1.92. The molecule has 0 aliphatic heterocycles. The summed E-state index contributed by atoms with van der Waals surface area (Å²) in [6.45, 7) is 1.86. The topological polar surface area (TPSA) is 55.1 Å². The van der Waals surface area contributed by atoms with Gasteiger partial charge in [0.15, 0.2) is 0 Å². The van der Waals surface area contributed by atoms with E-state index >= 15 is 0 Å². The number of rotatable bonds is 4. The summed E-state index contributed by atoms with van der Waals surface area (Å²) >= 11 is 0. The van der Waals surface area contributed by atoms with E-state index in [4.69, 9.17) is 5.73 Å². The first-order chi connectivity index (χ1) is 9.08. The van der Waals surface area contributed by atoms with Crippen LogP contribution in [0.1, 0.15) is 28.9 Å². The quantitative estimate of drug-likeness (QED) is 0.885. The van der Waals surface area contributed by atoms with Gasteiger partial charge in [0.1, 0.15) is 5.82 Å². The van der Waals surface area contributed by atoms with Gasteiger partial charge in [-0.15, -0.1) is 0 Å². The standard InChI is InChI=1S/C15H15FN2O/c1-10(13-7-2-3-8-14(13)16)18-12-6-4-5-11(9-12)15(17)19/h2-10,18H,1H3,(H2,17,19)/t10-/m0/s1. The number of primary amides is 1. The molecule has 2 rings (SSSR count). The lowest BCUT2D eigenvalue weighted by Gasteiger charge is -2.16. The molecule has 2 aromatic carbocycles. The van der Waals surface area contributed by atoms with Crippen LogP contribution < -0.4 is 11.1 Å². The number of halogens is 1. The smallest absolute Gasteiger partial charge is 0.248 e. The number of hydrogen-bond donors (Lipinski definition) is 2. The van der Waals surface area contributed by atoms with Crippen molar-refractivity contribution < 1.29 is 9.18 Å². The maximum Gasteiger partial charge on any atom is 0.248 e. The third-order valence-electron chi connectivity index (χ3n) is 2.90. The molecular formula is C15H15FN2O. The Labute approximate surface area is 111 Å². The first-order valence-corrected chi connectivity index (χ1v) is 5.99. The van der Waals surface area contributed by atoms with E-state index in [2.05, 4.69) is 5.32 Å². The summed E-state index contributed by atoms with van der Waals surface area (Å²) in [6, 6.07) is 13.2. The number of hydrogen-bond acceptors (Lipinski definition) is 2. The van der Waals surface area contributed by atoms with Gasteiger partial charge in [0.25, 0.3) is 0 Å². The Bertz CT molecular complexity index is 598. The predicted octanol–water partition coefficient (Wildman–Crippen LogP) is 3.10. The number of carbonyl (C=O) groups excluding carboxylic acids is 1. The van der Waals surface area contributed by atoms with Crippen molar-refractivity contribution in [2.24, 2.45) is 5.73 Å². The van der Waals surface area contributed by atoms with Crippen LogP contribution in [0.3, 0.4) is 0 Å². The average molecular weight is 258 g/mol. The molecule has 98 valence electrons. The number of carbonyl (C=O) groups is 1. The van der Waals surface area contributed by atoms with Gasteiger partial charge in [0.2, 0.25) is 5.91 Å². The van der Waals surface area contributed by atoms with Crippen LogP contribution >= 0.6 is 0 Å². The zero-order valence-electron chi connectivity index (χ0n) is 10.6. The molecule has 0 saturated heterocycles. The maximum absolute atomic E-state index is 13.6. The van der Waals surface area contributed by atoms with E-state index in [-0.39, 0.29) is 11.9 Å². The van der Waals surface area contributed by atoms with Crippen LogP contribution in [0.2, 0.25) is 0 Å². The second-order valence-electron chi connectivity index (χ2n) is 4.33. The maximum atomic E-state index is 13.6. The minimum Gasteiger partial charge on any atom is -0.378 e. The fourth-order valence-electron chi connectivity index (χ4n) is 1.92. The average Bonchev–Trinajstić information content (AvgIpc) is 2.39. The van der Waals surface area contributed by atoms with Gasteiger partial charge in [-0.1, -0.05) is 24.3 Å². The van der Waals surface area contributed by atoms with E-state index < -0.39 is 5.91 Å². The third-order valence-corrected chi connectivity index (χ3v) is 2.90. The van der Waals surface area contributed by atoms with Crippen LogP contribution in [0.15, 0.2) is 48.5 Å². The summed E-state index contributed by atoms with van der Waals surface area (Å²) in [5.74, 6) is -0.740. The monoisotopic (exact) mass is 258 g/mol. The van der Waals surface area contributed by atoms with Gasteiger partial charge >= 0.3 is 0 Å². The van der Waals surface area contributed by atoms with Crippen molar-refractivity contribution in [2.75, 3.05) is 5.32 Å². The van der Waals surface area contributed by atoms with Gasteiger partial charge in [-0.25, -0.2) is 4.39 Å². The lowest BCUT2D eigenvalue weighted by molar-refractivity contribution is 0.100. The molecule has 0 saturated carbocycles. The SMILES string of the molecule is C[C@H](Nc1cccc(C(N)=O)c1)c1ccccc1F. The zero-order chi connectivity index (χ0) is 13.8. The molecule has 0 spiro atoms. The van der Waals surface area contributed by atoms with Crippen LogP contribution in [0.4, 0.5) is 10.1 Å². The number of benzene rings is 2. The molecule has 0 radical (unpaired) electrons. The lowest BCUT2D eigenvalue weighted by Crippen LogP contribution is -2.12. The first kappa shape index (κ1) is 13.1. The molecule has 3 nitrogen and oxygen atoms in total. The Hall–Kier alpha value is -2.36. The highest BCUT2D eigenvalue weighted by Gasteiger charge is 2.10. The van der Waals surface area contributed by atoms with Crippen molar-refractivity contribution >= 4 is 11.6 Å². The number of nitrogens with two attached hydrogens (primary N) is 1. The molecule has 0 aliphatic rings. The molecule has 0 bridgehead atoms. The molecule has 2 aromatic rings. The molecule has 4 heteroatoms. The van der Waals surface area contributed by atoms with Crippen LogP contribution in [0.5, 0.6) is 0 Å². The van der Waals surface area contributed by atoms with E-state index in [1.807, 2.05) is 13.0 Å². The lowest BCUT2D eigenvalue weighted by atomic mass is 10.1. The summed E-state index contributed by atoms with van der Waals surface area (Å²) in [6.07, 6.45) is 0. The van der Waals surface area contributed by atoms with Crippen LogP contribution in [0, 0.1) is 5.82 Å². The molecule has 0 fully saturated rings. The molecule has 0 aliphatic carbocycles. The summed E-state index contributed by atoms with van der Waals surface area (Å²) < 4.78 is 13.6. The molecule has 0 aromatic heterocycles. The highest BCUT2D eigenvalue weighted by atomic mass is 19.1. The van der Waals surface area contributed by atoms with Gasteiger partial charge in [0, 0.05) is 16.8 Å². The summed E-state index contributed by atoms with van der Waals surface area (Å²) in [5, 5.41) is 3.15. The second kappa shape index (κ2) is 5.52. The number of anilines is 1. The summed E-state index contributed by atoms with van der Waals surface area (Å²) in [4.78, 5) is 11.1.